The Hall–Kier alpha value is -2.33. The third-order valence-corrected chi connectivity index (χ3v) is 6.35. The van der Waals surface area contributed by atoms with Crippen LogP contribution in [0.4, 0.5) is 22.0 Å². The fraction of sp³-hybridized carbons (Fsp3) is 0.409. The van der Waals surface area contributed by atoms with Crippen LogP contribution in [-0.2, 0) is 11.2 Å². The fourth-order valence-corrected chi connectivity index (χ4v) is 4.93. The van der Waals surface area contributed by atoms with Gasteiger partial charge in [0.15, 0.2) is 11.6 Å². The second-order valence-electron chi connectivity index (χ2n) is 7.81. The standard InChI is InChI=1S/C22H21F5N2O2S/c1-32-28-21-17-9-12-3-2-4-14(19(12)25)15-10-13(23)11-16(24)20(15)31-8-5-18(30)29(17)7-6-22(21,26)27/h2-4,10-11,17,21,28H,5-9H2,1H3. The van der Waals surface area contributed by atoms with Crippen molar-refractivity contribution in [2.45, 2.75) is 37.3 Å². The average molecular weight is 472 g/mol. The number of carbonyl (C=O) groups is 1. The minimum Gasteiger partial charge on any atom is -0.489 e. The molecule has 172 valence electrons. The molecule has 1 fully saturated rings. The van der Waals surface area contributed by atoms with Crippen molar-refractivity contribution < 1.29 is 31.5 Å². The van der Waals surface area contributed by atoms with E-state index in [2.05, 4.69) is 4.72 Å². The zero-order chi connectivity index (χ0) is 23.0. The highest BCUT2D eigenvalue weighted by Gasteiger charge is 2.51. The monoisotopic (exact) mass is 472 g/mol. The zero-order valence-corrected chi connectivity index (χ0v) is 18.0. The summed E-state index contributed by atoms with van der Waals surface area (Å²) in [5.41, 5.74) is -0.183. The Bertz CT molecular complexity index is 1040. The molecule has 2 bridgehead atoms. The number of benzene rings is 2. The second kappa shape index (κ2) is 8.90. The van der Waals surface area contributed by atoms with Crippen LogP contribution in [0.25, 0.3) is 11.1 Å². The molecule has 32 heavy (non-hydrogen) atoms. The summed E-state index contributed by atoms with van der Waals surface area (Å²) in [6.45, 7) is -0.462. The average Bonchev–Trinajstić information content (AvgIpc) is 2.72. The van der Waals surface area contributed by atoms with Gasteiger partial charge in [0.2, 0.25) is 5.91 Å². The predicted molar refractivity (Wildman–Crippen MR) is 111 cm³/mol. The van der Waals surface area contributed by atoms with Crippen LogP contribution in [0.1, 0.15) is 18.4 Å². The molecule has 10 heteroatoms. The Kier molecular flexibility index (Phi) is 6.35. The van der Waals surface area contributed by atoms with Crippen LogP contribution in [0.5, 0.6) is 5.75 Å². The van der Waals surface area contributed by atoms with Gasteiger partial charge in [0.25, 0.3) is 5.92 Å². The van der Waals surface area contributed by atoms with Crippen molar-refractivity contribution in [3.63, 3.8) is 0 Å². The summed E-state index contributed by atoms with van der Waals surface area (Å²) in [6, 6.07) is 3.41. The molecule has 0 aliphatic carbocycles. The number of carbonyl (C=O) groups excluding carboxylic acids is 1. The molecule has 2 aliphatic rings. The molecule has 2 aliphatic heterocycles. The van der Waals surface area contributed by atoms with Crippen LogP contribution >= 0.6 is 11.9 Å². The Labute approximate surface area is 186 Å². The third-order valence-electron chi connectivity index (χ3n) is 5.86. The van der Waals surface area contributed by atoms with Gasteiger partial charge in [-0.05, 0) is 24.3 Å². The number of nitrogens with zero attached hydrogens (tertiary/aromatic N) is 1. The molecule has 2 unspecified atom stereocenters. The van der Waals surface area contributed by atoms with E-state index < -0.39 is 47.8 Å². The Morgan fingerprint density at radius 3 is 2.72 bits per heavy atom. The lowest BCUT2D eigenvalue weighted by Gasteiger charge is -2.45. The van der Waals surface area contributed by atoms with Gasteiger partial charge in [0, 0.05) is 30.2 Å². The number of amides is 1. The van der Waals surface area contributed by atoms with Crippen LogP contribution in [0.15, 0.2) is 30.3 Å². The number of alkyl halides is 2. The summed E-state index contributed by atoms with van der Waals surface area (Å²) in [4.78, 5) is 14.2. The van der Waals surface area contributed by atoms with Crippen molar-refractivity contribution in [1.82, 2.24) is 9.62 Å². The molecule has 2 heterocycles. The molecule has 0 spiro atoms. The normalized spacial score (nSPS) is 22.8. The van der Waals surface area contributed by atoms with Crippen molar-refractivity contribution in [3.05, 3.63) is 53.3 Å². The largest absolute Gasteiger partial charge is 0.489 e. The van der Waals surface area contributed by atoms with Crippen molar-refractivity contribution in [3.8, 4) is 16.9 Å². The van der Waals surface area contributed by atoms with Crippen LogP contribution in [-0.4, -0.2) is 48.2 Å². The number of hydrogen-bond donors (Lipinski definition) is 1. The molecule has 1 saturated heterocycles. The van der Waals surface area contributed by atoms with Gasteiger partial charge in [-0.1, -0.05) is 30.1 Å². The van der Waals surface area contributed by atoms with Crippen LogP contribution < -0.4 is 9.46 Å². The summed E-state index contributed by atoms with van der Waals surface area (Å²) < 4.78 is 81.6. The first kappa shape index (κ1) is 22.8. The Morgan fingerprint density at radius 1 is 1.19 bits per heavy atom. The summed E-state index contributed by atoms with van der Waals surface area (Å²) in [5, 5.41) is 0. The number of piperidine rings is 1. The van der Waals surface area contributed by atoms with Gasteiger partial charge in [-0.25, -0.2) is 22.0 Å². The van der Waals surface area contributed by atoms with Gasteiger partial charge < -0.3 is 9.64 Å². The maximum Gasteiger partial charge on any atom is 0.267 e. The molecule has 4 nitrogen and oxygen atoms in total. The van der Waals surface area contributed by atoms with Gasteiger partial charge in [0.1, 0.15) is 17.7 Å². The van der Waals surface area contributed by atoms with E-state index in [1.165, 1.54) is 23.1 Å². The van der Waals surface area contributed by atoms with E-state index >= 15 is 4.39 Å². The van der Waals surface area contributed by atoms with E-state index in [4.69, 9.17) is 4.74 Å². The number of hydrogen-bond acceptors (Lipinski definition) is 4. The minimum atomic E-state index is -3.11. The van der Waals surface area contributed by atoms with E-state index in [9.17, 15) is 22.4 Å². The molecule has 2 aromatic carbocycles. The van der Waals surface area contributed by atoms with Crippen molar-refractivity contribution in [2.24, 2.45) is 0 Å². The predicted octanol–water partition coefficient (Wildman–Crippen LogP) is 4.57. The highest BCUT2D eigenvalue weighted by molar-refractivity contribution is 7.96. The molecular formula is C22H21F5N2O2S. The van der Waals surface area contributed by atoms with E-state index in [1.54, 1.807) is 6.26 Å². The Balaban J connectivity index is 1.86. The smallest absolute Gasteiger partial charge is 0.267 e. The van der Waals surface area contributed by atoms with Crippen LogP contribution in [0, 0.1) is 17.5 Å². The van der Waals surface area contributed by atoms with Crippen LogP contribution in [0.3, 0.4) is 0 Å². The van der Waals surface area contributed by atoms with E-state index in [-0.39, 0.29) is 48.4 Å². The molecule has 1 amide bonds. The van der Waals surface area contributed by atoms with Gasteiger partial charge >= 0.3 is 0 Å². The van der Waals surface area contributed by atoms with Crippen molar-refractivity contribution in [1.29, 1.82) is 0 Å². The first-order chi connectivity index (χ1) is 15.2. The minimum absolute atomic E-state index is 0.0621. The van der Waals surface area contributed by atoms with E-state index in [0.29, 0.717) is 6.07 Å². The highest BCUT2D eigenvalue weighted by atomic mass is 32.2. The highest BCUT2D eigenvalue weighted by Crippen LogP contribution is 2.39. The van der Waals surface area contributed by atoms with E-state index in [0.717, 1.165) is 18.0 Å². The van der Waals surface area contributed by atoms with Crippen molar-refractivity contribution in [2.75, 3.05) is 19.4 Å². The van der Waals surface area contributed by atoms with Gasteiger partial charge in [-0.3, -0.25) is 9.52 Å². The zero-order valence-electron chi connectivity index (χ0n) is 17.1. The van der Waals surface area contributed by atoms with E-state index in [1.807, 2.05) is 0 Å². The lowest BCUT2D eigenvalue weighted by molar-refractivity contribution is -0.148. The van der Waals surface area contributed by atoms with Gasteiger partial charge in [0.05, 0.1) is 19.1 Å². The maximum absolute atomic E-state index is 15.5. The third kappa shape index (κ3) is 4.17. The van der Waals surface area contributed by atoms with Gasteiger partial charge in [-0.2, -0.15) is 0 Å². The molecule has 1 N–H and O–H groups in total. The summed E-state index contributed by atoms with van der Waals surface area (Å²) >= 11 is 0.999. The van der Waals surface area contributed by atoms with Gasteiger partial charge in [-0.15, -0.1) is 0 Å². The topological polar surface area (TPSA) is 41.6 Å². The molecule has 0 aromatic heterocycles. The number of nitrogens with one attached hydrogen (secondary N) is 1. The molecule has 2 aromatic rings. The molecule has 0 saturated carbocycles. The second-order valence-corrected chi connectivity index (χ2v) is 8.45. The first-order valence-corrected chi connectivity index (χ1v) is 11.3. The fourth-order valence-electron chi connectivity index (χ4n) is 4.34. The lowest BCUT2D eigenvalue weighted by Crippen LogP contribution is -2.64. The molecular weight excluding hydrogens is 451 g/mol. The number of halogens is 5. The Morgan fingerprint density at radius 2 is 1.97 bits per heavy atom. The number of rotatable bonds is 2. The number of fused-ring (bicyclic) bond motifs is 5. The summed E-state index contributed by atoms with van der Waals surface area (Å²) in [5.74, 6) is -6.66. The lowest BCUT2D eigenvalue weighted by atomic mass is 9.87. The van der Waals surface area contributed by atoms with Crippen molar-refractivity contribution >= 4 is 17.9 Å². The number of ether oxygens (including phenoxy) is 1. The molecule has 0 radical (unpaired) electrons. The quantitative estimate of drug-likeness (QED) is 0.514. The summed E-state index contributed by atoms with van der Waals surface area (Å²) in [7, 11) is 0. The van der Waals surface area contributed by atoms with Crippen LogP contribution in [0.2, 0.25) is 0 Å². The summed E-state index contributed by atoms with van der Waals surface area (Å²) in [6.07, 6.45) is 0.683. The maximum atomic E-state index is 15.5. The first-order valence-electron chi connectivity index (χ1n) is 10.1. The SMILES string of the molecule is CSNC1C2Cc3cccc(c3F)-c3cc(F)cc(F)c3OCCC(=O)N2CCC1(F)F. The molecule has 2 atom stereocenters. The molecule has 4 rings (SSSR count).